The van der Waals surface area contributed by atoms with Crippen molar-refractivity contribution in [3.63, 3.8) is 0 Å². The molecule has 0 fully saturated rings. The van der Waals surface area contributed by atoms with Gasteiger partial charge in [-0.1, -0.05) is 27.5 Å². The van der Waals surface area contributed by atoms with Crippen LogP contribution in [0.15, 0.2) is 39.3 Å². The maximum Gasteiger partial charge on any atom is 0.141 e. The van der Waals surface area contributed by atoms with E-state index in [1.807, 2.05) is 6.07 Å². The summed E-state index contributed by atoms with van der Waals surface area (Å²) in [4.78, 5) is 0. The van der Waals surface area contributed by atoms with Crippen molar-refractivity contribution in [2.75, 3.05) is 7.11 Å². The van der Waals surface area contributed by atoms with Crippen LogP contribution in [0.4, 0.5) is 4.39 Å². The van der Waals surface area contributed by atoms with Gasteiger partial charge in [-0.25, -0.2) is 4.39 Å². The van der Waals surface area contributed by atoms with Crippen LogP contribution in [0.5, 0.6) is 5.75 Å². The maximum absolute atomic E-state index is 13.5. The van der Waals surface area contributed by atoms with Gasteiger partial charge < -0.3 is 10.5 Å². The van der Waals surface area contributed by atoms with E-state index in [9.17, 15) is 4.39 Å². The minimum absolute atomic E-state index is 0.338. The van der Waals surface area contributed by atoms with E-state index in [0.29, 0.717) is 20.8 Å². The molecule has 0 saturated carbocycles. The third kappa shape index (κ3) is 3.34. The van der Waals surface area contributed by atoms with E-state index >= 15 is 0 Å². The number of halogens is 4. The number of hydrogen-bond donors (Lipinski definition) is 1. The summed E-state index contributed by atoms with van der Waals surface area (Å²) in [5.41, 5.74) is 7.73. The average Bonchev–Trinajstić information content (AvgIpc) is 2.39. The molecule has 20 heavy (non-hydrogen) atoms. The SMILES string of the molecule is COc1cc(F)c(Br)cc1C(N)c1cc(Cl)cc(Br)c1. The van der Waals surface area contributed by atoms with E-state index in [2.05, 4.69) is 31.9 Å². The van der Waals surface area contributed by atoms with Crippen molar-refractivity contribution in [2.24, 2.45) is 5.73 Å². The van der Waals surface area contributed by atoms with Gasteiger partial charge in [0.05, 0.1) is 17.6 Å². The van der Waals surface area contributed by atoms with E-state index in [0.717, 1.165) is 10.0 Å². The number of methoxy groups -OCH3 is 1. The zero-order valence-corrected chi connectivity index (χ0v) is 14.4. The fourth-order valence-corrected chi connectivity index (χ4v) is 3.15. The highest BCUT2D eigenvalue weighted by atomic mass is 79.9. The van der Waals surface area contributed by atoms with Crippen LogP contribution in [0.25, 0.3) is 0 Å². The lowest BCUT2D eigenvalue weighted by Gasteiger charge is -2.17. The first-order valence-corrected chi connectivity index (χ1v) is 7.63. The van der Waals surface area contributed by atoms with Crippen molar-refractivity contribution < 1.29 is 9.13 Å². The van der Waals surface area contributed by atoms with Gasteiger partial charge in [0.15, 0.2) is 0 Å². The molecule has 0 aliphatic carbocycles. The van der Waals surface area contributed by atoms with Crippen molar-refractivity contribution in [2.45, 2.75) is 6.04 Å². The van der Waals surface area contributed by atoms with E-state index in [1.54, 1.807) is 18.2 Å². The van der Waals surface area contributed by atoms with Crippen LogP contribution >= 0.6 is 43.5 Å². The minimum atomic E-state index is -0.475. The summed E-state index contributed by atoms with van der Waals surface area (Å²) >= 11 is 12.6. The molecule has 0 bridgehead atoms. The molecule has 0 spiro atoms. The Morgan fingerprint density at radius 3 is 2.50 bits per heavy atom. The van der Waals surface area contributed by atoms with Gasteiger partial charge in [0, 0.05) is 21.1 Å². The smallest absolute Gasteiger partial charge is 0.141 e. The highest BCUT2D eigenvalue weighted by Crippen LogP contribution is 2.34. The van der Waals surface area contributed by atoms with Crippen molar-refractivity contribution in [1.82, 2.24) is 0 Å². The molecular formula is C14H11Br2ClFNO. The average molecular weight is 424 g/mol. The summed E-state index contributed by atoms with van der Waals surface area (Å²) in [5.74, 6) is -0.000581. The van der Waals surface area contributed by atoms with Crippen LogP contribution < -0.4 is 10.5 Å². The Bertz CT molecular complexity index is 631. The number of hydrogen-bond acceptors (Lipinski definition) is 2. The van der Waals surface area contributed by atoms with E-state index in [1.165, 1.54) is 13.2 Å². The first-order valence-electron chi connectivity index (χ1n) is 5.67. The Morgan fingerprint density at radius 2 is 1.90 bits per heavy atom. The molecule has 0 aliphatic heterocycles. The minimum Gasteiger partial charge on any atom is -0.496 e. The normalized spacial score (nSPS) is 12.3. The Morgan fingerprint density at radius 1 is 1.20 bits per heavy atom. The molecule has 2 aromatic rings. The van der Waals surface area contributed by atoms with Crippen molar-refractivity contribution >= 4 is 43.5 Å². The zero-order valence-electron chi connectivity index (χ0n) is 10.5. The molecule has 6 heteroatoms. The first-order chi connectivity index (χ1) is 9.42. The maximum atomic E-state index is 13.5. The molecule has 0 heterocycles. The van der Waals surface area contributed by atoms with Crippen LogP contribution in [-0.4, -0.2) is 7.11 Å². The van der Waals surface area contributed by atoms with Crippen molar-refractivity contribution in [3.05, 3.63) is 61.2 Å². The highest BCUT2D eigenvalue weighted by molar-refractivity contribution is 9.10. The lowest BCUT2D eigenvalue weighted by Crippen LogP contribution is -2.13. The summed E-state index contributed by atoms with van der Waals surface area (Å²) in [6.07, 6.45) is 0. The van der Waals surface area contributed by atoms with Crippen LogP contribution in [0.3, 0.4) is 0 Å². The first kappa shape index (κ1) is 15.8. The van der Waals surface area contributed by atoms with Crippen molar-refractivity contribution in [1.29, 1.82) is 0 Å². The molecule has 1 unspecified atom stereocenters. The van der Waals surface area contributed by atoms with Gasteiger partial charge >= 0.3 is 0 Å². The topological polar surface area (TPSA) is 35.2 Å². The lowest BCUT2D eigenvalue weighted by molar-refractivity contribution is 0.404. The van der Waals surface area contributed by atoms with Gasteiger partial charge in [-0.15, -0.1) is 0 Å². The number of ether oxygens (including phenoxy) is 1. The number of nitrogens with two attached hydrogens (primary N) is 1. The summed E-state index contributed by atoms with van der Waals surface area (Å²) in [7, 11) is 1.48. The predicted molar refractivity (Wildman–Crippen MR) is 85.8 cm³/mol. The monoisotopic (exact) mass is 421 g/mol. The summed E-state index contributed by atoms with van der Waals surface area (Å²) in [6, 6.07) is 7.86. The van der Waals surface area contributed by atoms with E-state index in [-0.39, 0.29) is 0 Å². The zero-order chi connectivity index (χ0) is 14.9. The largest absolute Gasteiger partial charge is 0.496 e. The second-order valence-electron chi connectivity index (χ2n) is 4.19. The molecule has 0 amide bonds. The third-order valence-electron chi connectivity index (χ3n) is 2.85. The molecule has 106 valence electrons. The molecule has 0 saturated heterocycles. The molecule has 2 N–H and O–H groups in total. The Hall–Kier alpha value is -0.620. The van der Waals surface area contributed by atoms with Gasteiger partial charge in [0.25, 0.3) is 0 Å². The Kier molecular flexibility index (Phi) is 5.07. The van der Waals surface area contributed by atoms with Crippen molar-refractivity contribution in [3.8, 4) is 5.75 Å². The molecule has 0 radical (unpaired) electrons. The lowest BCUT2D eigenvalue weighted by atomic mass is 9.98. The molecule has 2 nitrogen and oxygen atoms in total. The third-order valence-corrected chi connectivity index (χ3v) is 4.14. The molecule has 2 aromatic carbocycles. The van der Waals surface area contributed by atoms with Gasteiger partial charge in [0.1, 0.15) is 11.6 Å². The molecule has 1 atom stereocenters. The highest BCUT2D eigenvalue weighted by Gasteiger charge is 2.17. The second-order valence-corrected chi connectivity index (χ2v) is 6.40. The van der Waals surface area contributed by atoms with Gasteiger partial charge in [0.2, 0.25) is 0 Å². The summed E-state index contributed by atoms with van der Waals surface area (Å²) in [6.45, 7) is 0. The van der Waals surface area contributed by atoms with Gasteiger partial charge in [-0.3, -0.25) is 0 Å². The van der Waals surface area contributed by atoms with Gasteiger partial charge in [-0.2, -0.15) is 0 Å². The standard InChI is InChI=1S/C14H11Br2ClFNO/c1-20-13-6-12(18)11(16)5-10(13)14(19)7-2-8(15)4-9(17)3-7/h2-6,14H,19H2,1H3. The van der Waals surface area contributed by atoms with E-state index in [4.69, 9.17) is 22.1 Å². The van der Waals surface area contributed by atoms with Crippen LogP contribution in [0.1, 0.15) is 17.2 Å². The summed E-state index contributed by atoms with van der Waals surface area (Å²) < 4.78 is 19.9. The Balaban J connectivity index is 2.52. The fourth-order valence-electron chi connectivity index (χ4n) is 1.90. The van der Waals surface area contributed by atoms with Crippen LogP contribution in [0, 0.1) is 5.82 Å². The fraction of sp³-hybridized carbons (Fsp3) is 0.143. The second kappa shape index (κ2) is 6.43. The van der Waals surface area contributed by atoms with Crippen LogP contribution in [-0.2, 0) is 0 Å². The molecule has 0 aromatic heterocycles. The molecular weight excluding hydrogens is 412 g/mol. The number of benzene rings is 2. The van der Waals surface area contributed by atoms with Gasteiger partial charge in [-0.05, 0) is 45.8 Å². The summed E-state index contributed by atoms with van der Waals surface area (Å²) in [5, 5.41) is 0.574. The van der Waals surface area contributed by atoms with Crippen LogP contribution in [0.2, 0.25) is 5.02 Å². The molecule has 2 rings (SSSR count). The predicted octanol–water partition coefficient (Wildman–Crippen LogP) is 5.06. The van der Waals surface area contributed by atoms with E-state index < -0.39 is 11.9 Å². The quantitative estimate of drug-likeness (QED) is 0.749. The number of rotatable bonds is 3. The Labute approximate surface area is 138 Å². The molecule has 0 aliphatic rings.